The maximum Gasteiger partial charge on any atom is 0.272 e. The van der Waals surface area contributed by atoms with Gasteiger partial charge in [0.25, 0.3) is 17.4 Å². The summed E-state index contributed by atoms with van der Waals surface area (Å²) in [5.41, 5.74) is 1.72. The lowest BCUT2D eigenvalue weighted by Crippen LogP contribution is -2.39. The van der Waals surface area contributed by atoms with Gasteiger partial charge < -0.3 is 24.8 Å². The number of carbonyl (C=O) groups is 3. The lowest BCUT2D eigenvalue weighted by atomic mass is 10.0. The molecule has 40 heavy (non-hydrogen) atoms. The van der Waals surface area contributed by atoms with Gasteiger partial charge in [-0.1, -0.05) is 31.4 Å². The molecule has 210 valence electrons. The van der Waals surface area contributed by atoms with Gasteiger partial charge in [0.15, 0.2) is 0 Å². The van der Waals surface area contributed by atoms with Crippen LogP contribution in [0.1, 0.15) is 8.35 Å². The van der Waals surface area contributed by atoms with Gasteiger partial charge in [0.1, 0.15) is 24.4 Å². The first-order chi connectivity index (χ1) is 19.0. The summed E-state index contributed by atoms with van der Waals surface area (Å²) in [6.07, 6.45) is 1.23. The highest BCUT2D eigenvalue weighted by molar-refractivity contribution is 6.15. The fraction of sp³-hybridized carbons (Fsp3) is 0.276. The van der Waals surface area contributed by atoms with E-state index < -0.39 is 17.4 Å². The number of anilines is 1. The van der Waals surface area contributed by atoms with Gasteiger partial charge in [0, 0.05) is 34.1 Å². The number of aromatic nitrogens is 2. The summed E-state index contributed by atoms with van der Waals surface area (Å²) in [4.78, 5) is 60.3. The summed E-state index contributed by atoms with van der Waals surface area (Å²) in [6, 6.07) is 10.6. The van der Waals surface area contributed by atoms with Crippen LogP contribution in [0.15, 0.2) is 66.4 Å². The van der Waals surface area contributed by atoms with Crippen molar-refractivity contribution in [3.63, 3.8) is 0 Å². The Balaban J connectivity index is 0.00000462. The fourth-order valence-corrected chi connectivity index (χ4v) is 4.35. The van der Waals surface area contributed by atoms with E-state index in [1.165, 1.54) is 18.2 Å². The first-order valence-electron chi connectivity index (χ1n) is 12.6. The molecule has 1 aliphatic heterocycles. The Kier molecular flexibility index (Phi) is 8.15. The van der Waals surface area contributed by atoms with E-state index in [-0.39, 0.29) is 24.1 Å². The van der Waals surface area contributed by atoms with Gasteiger partial charge in [0.05, 0.1) is 28.8 Å². The topological polar surface area (TPSA) is 117 Å². The minimum absolute atomic E-state index is 0. The van der Waals surface area contributed by atoms with Crippen molar-refractivity contribution in [2.45, 2.75) is 6.92 Å². The highest BCUT2D eigenvalue weighted by Crippen LogP contribution is 2.37. The smallest absolute Gasteiger partial charge is 0.272 e. The van der Waals surface area contributed by atoms with E-state index in [1.54, 1.807) is 24.1 Å². The second-order valence-corrected chi connectivity index (χ2v) is 9.73. The second-order valence-electron chi connectivity index (χ2n) is 9.73. The summed E-state index contributed by atoms with van der Waals surface area (Å²) in [5.74, 6) is -0.701. The Labute approximate surface area is 233 Å². The molecule has 0 bridgehead atoms. The van der Waals surface area contributed by atoms with E-state index in [4.69, 9.17) is 4.74 Å². The Morgan fingerprint density at radius 2 is 1.88 bits per heavy atom. The molecule has 0 saturated carbocycles. The standard InChI is InChI=1S/C29H32N6O5.H2/c1-18(28(38)33(6)13-12-32(4)5)31-27(37)19(2)35-17-30-26-22(8-7-9-23(26)29(35)39)21-10-11-24-25(16-21)40-15-14-34(24)20(3)36;/h7-11,16-17H,1-2,12-15H2,3-6H3,(H,31,37);1H. The largest absolute Gasteiger partial charge is 0.490 e. The van der Waals surface area contributed by atoms with E-state index in [0.29, 0.717) is 48.8 Å². The van der Waals surface area contributed by atoms with Gasteiger partial charge in [-0.15, -0.1) is 0 Å². The Morgan fingerprint density at radius 3 is 2.58 bits per heavy atom. The highest BCUT2D eigenvalue weighted by atomic mass is 16.5. The third kappa shape index (κ3) is 5.64. The average Bonchev–Trinajstić information content (AvgIpc) is 2.94. The van der Waals surface area contributed by atoms with Crippen molar-refractivity contribution in [1.29, 1.82) is 0 Å². The predicted molar refractivity (Wildman–Crippen MR) is 156 cm³/mol. The van der Waals surface area contributed by atoms with E-state index in [1.807, 2.05) is 43.3 Å². The number of rotatable bonds is 8. The molecule has 2 heterocycles. The Hall–Kier alpha value is -4.77. The molecule has 1 aliphatic rings. The van der Waals surface area contributed by atoms with Gasteiger partial charge in [-0.25, -0.2) is 4.98 Å². The number of amides is 3. The van der Waals surface area contributed by atoms with E-state index in [0.717, 1.165) is 10.1 Å². The lowest BCUT2D eigenvalue weighted by Gasteiger charge is -2.29. The van der Waals surface area contributed by atoms with Gasteiger partial charge in [0.2, 0.25) is 5.91 Å². The molecular formula is C29H34N6O5. The van der Waals surface area contributed by atoms with Crippen LogP contribution in [0.3, 0.4) is 0 Å². The fourth-order valence-electron chi connectivity index (χ4n) is 4.35. The van der Waals surface area contributed by atoms with Gasteiger partial charge >= 0.3 is 0 Å². The van der Waals surface area contributed by atoms with Gasteiger partial charge in [-0.2, -0.15) is 0 Å². The van der Waals surface area contributed by atoms with Crippen LogP contribution in [-0.2, 0) is 14.4 Å². The zero-order valence-corrected chi connectivity index (χ0v) is 23.1. The second kappa shape index (κ2) is 11.5. The van der Waals surface area contributed by atoms with Crippen LogP contribution in [0.5, 0.6) is 5.75 Å². The molecule has 0 radical (unpaired) electrons. The molecule has 0 fully saturated rings. The molecule has 3 amide bonds. The molecule has 0 spiro atoms. The van der Waals surface area contributed by atoms with Crippen molar-refractivity contribution >= 4 is 40.0 Å². The number of carbonyl (C=O) groups excluding carboxylic acids is 3. The van der Waals surface area contributed by atoms with Gasteiger partial charge in [-0.05, 0) is 37.9 Å². The molecule has 11 nitrogen and oxygen atoms in total. The zero-order chi connectivity index (χ0) is 29.1. The van der Waals surface area contributed by atoms with Crippen LogP contribution in [0.4, 0.5) is 5.69 Å². The van der Waals surface area contributed by atoms with Crippen LogP contribution in [0.25, 0.3) is 27.7 Å². The molecule has 0 saturated heterocycles. The molecule has 2 aromatic carbocycles. The summed E-state index contributed by atoms with van der Waals surface area (Å²) in [5, 5.41) is 2.71. The minimum Gasteiger partial charge on any atom is -0.490 e. The molecular weight excluding hydrogens is 512 g/mol. The van der Waals surface area contributed by atoms with Crippen molar-refractivity contribution in [2.24, 2.45) is 0 Å². The summed E-state index contributed by atoms with van der Waals surface area (Å²) in [7, 11) is 5.39. The zero-order valence-electron chi connectivity index (χ0n) is 23.1. The normalized spacial score (nSPS) is 12.5. The predicted octanol–water partition coefficient (Wildman–Crippen LogP) is 2.18. The average molecular weight is 547 g/mol. The van der Waals surface area contributed by atoms with Crippen molar-refractivity contribution in [1.82, 2.24) is 24.7 Å². The lowest BCUT2D eigenvalue weighted by molar-refractivity contribution is -0.127. The maximum absolute atomic E-state index is 13.4. The number of ether oxygens (including phenoxy) is 1. The Bertz CT molecular complexity index is 1600. The number of likely N-dealkylation sites (N-methyl/N-ethyl adjacent to an activating group) is 2. The molecule has 1 N–H and O–H groups in total. The van der Waals surface area contributed by atoms with Crippen LogP contribution >= 0.6 is 0 Å². The van der Waals surface area contributed by atoms with Gasteiger partial charge in [-0.3, -0.25) is 23.7 Å². The number of hydrogen-bond donors (Lipinski definition) is 1. The number of nitrogens with zero attached hydrogens (tertiary/aromatic N) is 5. The number of nitrogens with one attached hydrogen (secondary N) is 1. The van der Waals surface area contributed by atoms with Crippen LogP contribution < -0.4 is 20.5 Å². The molecule has 1 aromatic heterocycles. The molecule has 0 aliphatic carbocycles. The molecule has 3 aromatic rings. The van der Waals surface area contributed by atoms with Crippen molar-refractivity contribution in [3.05, 3.63) is 71.9 Å². The highest BCUT2D eigenvalue weighted by Gasteiger charge is 2.23. The van der Waals surface area contributed by atoms with Crippen LogP contribution in [0.2, 0.25) is 0 Å². The van der Waals surface area contributed by atoms with E-state index >= 15 is 0 Å². The summed E-state index contributed by atoms with van der Waals surface area (Å²) in [6.45, 7) is 10.9. The third-order valence-electron chi connectivity index (χ3n) is 6.61. The van der Waals surface area contributed by atoms with Crippen molar-refractivity contribution < 1.29 is 20.5 Å². The quantitative estimate of drug-likeness (QED) is 0.431. The van der Waals surface area contributed by atoms with E-state index in [9.17, 15) is 19.2 Å². The first kappa shape index (κ1) is 28.2. The number of para-hydroxylation sites is 1. The van der Waals surface area contributed by atoms with Crippen molar-refractivity contribution in [3.8, 4) is 16.9 Å². The SMILES string of the molecule is C=C(NC(=O)C(=C)n1cnc2c(-c3ccc4c(c3)OCCN4C(C)=O)cccc2c1=O)C(=O)N(C)CCN(C)C.[HH]. The number of hydrogen-bond acceptors (Lipinski definition) is 7. The number of fused-ring (bicyclic) bond motifs is 2. The van der Waals surface area contributed by atoms with Crippen LogP contribution in [0, 0.1) is 0 Å². The van der Waals surface area contributed by atoms with Crippen molar-refractivity contribution in [2.75, 3.05) is 52.3 Å². The molecule has 11 heteroatoms. The number of benzene rings is 2. The van der Waals surface area contributed by atoms with E-state index in [2.05, 4.69) is 23.5 Å². The molecule has 0 unspecified atom stereocenters. The summed E-state index contributed by atoms with van der Waals surface area (Å²) >= 11 is 0. The minimum atomic E-state index is -0.749. The van der Waals surface area contributed by atoms with Crippen LogP contribution in [-0.4, -0.2) is 84.5 Å². The maximum atomic E-state index is 13.4. The summed E-state index contributed by atoms with van der Waals surface area (Å²) < 4.78 is 6.83. The molecule has 4 rings (SSSR count). The first-order valence-corrected chi connectivity index (χ1v) is 12.6. The third-order valence-corrected chi connectivity index (χ3v) is 6.61. The molecule has 0 atom stereocenters. The Morgan fingerprint density at radius 1 is 1.12 bits per heavy atom. The monoisotopic (exact) mass is 546 g/mol.